The van der Waals surface area contributed by atoms with Crippen molar-refractivity contribution in [3.05, 3.63) is 34.4 Å². The minimum atomic E-state index is -0.916. The number of carbonyl (C=O) groups excluding carboxylic acids is 3. The van der Waals surface area contributed by atoms with E-state index in [0.717, 1.165) is 24.2 Å². The second-order valence-electron chi connectivity index (χ2n) is 6.80. The van der Waals surface area contributed by atoms with Crippen molar-refractivity contribution in [1.82, 2.24) is 10.2 Å². The molecule has 1 aliphatic heterocycles. The summed E-state index contributed by atoms with van der Waals surface area (Å²) in [6.07, 6.45) is 3.28. The number of non-ortho nitro benzene ring substituents is 1. The molecule has 2 atom stereocenters. The molecule has 3 rings (SSSR count). The fourth-order valence-electron chi connectivity index (χ4n) is 3.68. The van der Waals surface area contributed by atoms with Crippen LogP contribution in [0.15, 0.2) is 24.3 Å². The number of hydrogen-bond donors (Lipinski definition) is 2. The number of amides is 4. The lowest BCUT2D eigenvalue weighted by Gasteiger charge is -2.36. The summed E-state index contributed by atoms with van der Waals surface area (Å²) in [7, 11) is 0. The number of nitrogens with one attached hydrogen (secondary N) is 2. The molecule has 1 heterocycles. The topological polar surface area (TPSA) is 122 Å². The molecule has 1 spiro atoms. The van der Waals surface area contributed by atoms with Gasteiger partial charge >= 0.3 is 6.03 Å². The van der Waals surface area contributed by atoms with Gasteiger partial charge in [-0.25, -0.2) is 4.79 Å². The molecule has 2 N–H and O–H groups in total. The van der Waals surface area contributed by atoms with Crippen LogP contribution in [-0.4, -0.2) is 39.8 Å². The monoisotopic (exact) mass is 360 g/mol. The maximum Gasteiger partial charge on any atom is 0.325 e. The van der Waals surface area contributed by atoms with Gasteiger partial charge in [-0.3, -0.25) is 24.6 Å². The highest BCUT2D eigenvalue weighted by molar-refractivity contribution is 6.10. The molecule has 0 radical (unpaired) electrons. The van der Waals surface area contributed by atoms with E-state index in [-0.39, 0.29) is 23.2 Å². The predicted octanol–water partition coefficient (Wildman–Crippen LogP) is 2.03. The maximum atomic E-state index is 12.8. The molecule has 9 nitrogen and oxygen atoms in total. The largest absolute Gasteiger partial charge is 0.325 e. The zero-order valence-electron chi connectivity index (χ0n) is 14.4. The summed E-state index contributed by atoms with van der Waals surface area (Å²) in [6, 6.07) is 4.90. The van der Waals surface area contributed by atoms with Crippen LogP contribution in [-0.2, 0) is 9.59 Å². The van der Waals surface area contributed by atoms with Crippen molar-refractivity contribution >= 4 is 29.2 Å². The number of benzene rings is 1. The number of nitro benzene ring substituents is 1. The first-order valence-corrected chi connectivity index (χ1v) is 8.52. The standard InChI is InChI=1S/C17H20N4O5/c1-11-5-2-3-8-17(11)15(23)20(16(24)19-17)10-14(22)18-12-6-4-7-13(9-12)21(25)26/h4,6-7,9,11H,2-3,5,8,10H2,1H3,(H,18,22)(H,19,24)/t11-,17+/m0/s1. The molecule has 4 amide bonds. The summed E-state index contributed by atoms with van der Waals surface area (Å²) in [4.78, 5) is 48.5. The SMILES string of the molecule is C[C@H]1CCCC[C@@]12NC(=O)N(CC(=O)Nc1cccc([N+](=O)[O-])c1)C2=O. The number of nitrogens with zero attached hydrogens (tertiary/aromatic N) is 2. The Hall–Kier alpha value is -2.97. The Balaban J connectivity index is 1.69. The van der Waals surface area contributed by atoms with E-state index < -0.39 is 28.9 Å². The van der Waals surface area contributed by atoms with E-state index in [9.17, 15) is 24.5 Å². The third-order valence-electron chi connectivity index (χ3n) is 5.14. The summed E-state index contributed by atoms with van der Waals surface area (Å²) in [5.41, 5.74) is -0.842. The summed E-state index contributed by atoms with van der Waals surface area (Å²) >= 11 is 0. The number of anilines is 1. The Labute approximate surface area is 149 Å². The average molecular weight is 360 g/mol. The van der Waals surface area contributed by atoms with E-state index in [1.165, 1.54) is 24.3 Å². The Morgan fingerprint density at radius 3 is 2.88 bits per heavy atom. The molecule has 1 saturated carbocycles. The van der Waals surface area contributed by atoms with Crippen molar-refractivity contribution < 1.29 is 19.3 Å². The molecule has 1 aromatic carbocycles. The van der Waals surface area contributed by atoms with Gasteiger partial charge in [0.2, 0.25) is 5.91 Å². The van der Waals surface area contributed by atoms with Gasteiger partial charge in [0.15, 0.2) is 0 Å². The fourth-order valence-corrected chi connectivity index (χ4v) is 3.68. The van der Waals surface area contributed by atoms with Crippen molar-refractivity contribution in [2.75, 3.05) is 11.9 Å². The zero-order valence-corrected chi connectivity index (χ0v) is 14.4. The zero-order chi connectivity index (χ0) is 18.9. The lowest BCUT2D eigenvalue weighted by molar-refractivity contribution is -0.384. The minimum Gasteiger partial charge on any atom is -0.324 e. The van der Waals surface area contributed by atoms with Gasteiger partial charge in [-0.15, -0.1) is 0 Å². The predicted molar refractivity (Wildman–Crippen MR) is 92.3 cm³/mol. The second-order valence-corrected chi connectivity index (χ2v) is 6.80. The van der Waals surface area contributed by atoms with E-state index in [4.69, 9.17) is 0 Å². The molecule has 1 aromatic rings. The molecule has 0 bridgehead atoms. The normalized spacial score (nSPS) is 25.3. The van der Waals surface area contributed by atoms with Gasteiger partial charge in [0.1, 0.15) is 12.1 Å². The van der Waals surface area contributed by atoms with Crippen LogP contribution in [0.1, 0.15) is 32.6 Å². The van der Waals surface area contributed by atoms with Crippen LogP contribution in [0.4, 0.5) is 16.2 Å². The molecule has 138 valence electrons. The van der Waals surface area contributed by atoms with Crippen LogP contribution < -0.4 is 10.6 Å². The molecule has 0 unspecified atom stereocenters. The highest BCUT2D eigenvalue weighted by Gasteiger charge is 2.55. The second kappa shape index (κ2) is 6.74. The fraction of sp³-hybridized carbons (Fsp3) is 0.471. The number of nitro groups is 1. The number of hydrogen-bond acceptors (Lipinski definition) is 5. The van der Waals surface area contributed by atoms with Crippen molar-refractivity contribution in [3.63, 3.8) is 0 Å². The average Bonchev–Trinajstić information content (AvgIpc) is 2.83. The van der Waals surface area contributed by atoms with E-state index in [2.05, 4.69) is 10.6 Å². The maximum absolute atomic E-state index is 12.8. The molecule has 9 heteroatoms. The van der Waals surface area contributed by atoms with Crippen LogP contribution in [0, 0.1) is 16.0 Å². The number of urea groups is 1. The van der Waals surface area contributed by atoms with Crippen molar-refractivity contribution in [2.24, 2.45) is 5.92 Å². The van der Waals surface area contributed by atoms with Crippen molar-refractivity contribution in [2.45, 2.75) is 38.1 Å². The quantitative estimate of drug-likeness (QED) is 0.483. The Morgan fingerprint density at radius 1 is 1.42 bits per heavy atom. The van der Waals surface area contributed by atoms with Crippen LogP contribution in [0.5, 0.6) is 0 Å². The summed E-state index contributed by atoms with van der Waals surface area (Å²) in [5.74, 6) is -0.948. The van der Waals surface area contributed by atoms with Gasteiger partial charge in [0.05, 0.1) is 4.92 Å². The van der Waals surface area contributed by atoms with E-state index in [1.807, 2.05) is 6.92 Å². The molecule has 2 fully saturated rings. The van der Waals surface area contributed by atoms with Gasteiger partial charge in [0, 0.05) is 17.8 Å². The van der Waals surface area contributed by atoms with Gasteiger partial charge in [-0.1, -0.05) is 25.8 Å². The van der Waals surface area contributed by atoms with Crippen molar-refractivity contribution in [1.29, 1.82) is 0 Å². The molecule has 26 heavy (non-hydrogen) atoms. The molecule has 1 saturated heterocycles. The number of carbonyl (C=O) groups is 3. The lowest BCUT2D eigenvalue weighted by atomic mass is 9.73. The molecular formula is C17H20N4O5. The first-order chi connectivity index (χ1) is 12.3. The summed E-state index contributed by atoms with van der Waals surface area (Å²) < 4.78 is 0. The van der Waals surface area contributed by atoms with E-state index in [1.54, 1.807) is 0 Å². The van der Waals surface area contributed by atoms with Crippen LogP contribution in [0.2, 0.25) is 0 Å². The smallest absolute Gasteiger partial charge is 0.324 e. The summed E-state index contributed by atoms with van der Waals surface area (Å²) in [5, 5.41) is 16.1. The first kappa shape index (κ1) is 17.8. The number of imide groups is 1. The summed E-state index contributed by atoms with van der Waals surface area (Å²) in [6.45, 7) is 1.51. The van der Waals surface area contributed by atoms with Crippen LogP contribution in [0.3, 0.4) is 0 Å². The van der Waals surface area contributed by atoms with Gasteiger partial charge in [0.25, 0.3) is 11.6 Å². The highest BCUT2D eigenvalue weighted by Crippen LogP contribution is 2.38. The van der Waals surface area contributed by atoms with Gasteiger partial charge in [-0.2, -0.15) is 0 Å². The highest BCUT2D eigenvalue weighted by atomic mass is 16.6. The first-order valence-electron chi connectivity index (χ1n) is 8.52. The minimum absolute atomic E-state index is 0.0116. The Kier molecular flexibility index (Phi) is 4.62. The molecule has 2 aliphatic rings. The Morgan fingerprint density at radius 2 is 2.19 bits per heavy atom. The lowest BCUT2D eigenvalue weighted by Crippen LogP contribution is -2.54. The van der Waals surface area contributed by atoms with Crippen molar-refractivity contribution in [3.8, 4) is 0 Å². The van der Waals surface area contributed by atoms with E-state index >= 15 is 0 Å². The van der Waals surface area contributed by atoms with Gasteiger partial charge in [-0.05, 0) is 24.8 Å². The third kappa shape index (κ3) is 3.12. The van der Waals surface area contributed by atoms with Gasteiger partial charge < -0.3 is 10.6 Å². The molecule has 0 aromatic heterocycles. The third-order valence-corrected chi connectivity index (χ3v) is 5.14. The van der Waals surface area contributed by atoms with E-state index in [0.29, 0.717) is 6.42 Å². The van der Waals surface area contributed by atoms with Crippen LogP contribution >= 0.6 is 0 Å². The number of rotatable bonds is 4. The molecule has 1 aliphatic carbocycles. The Bertz CT molecular complexity index is 780. The van der Waals surface area contributed by atoms with Crippen LogP contribution in [0.25, 0.3) is 0 Å². The molecular weight excluding hydrogens is 340 g/mol.